The van der Waals surface area contributed by atoms with Crippen LogP contribution in [0.5, 0.6) is 0 Å². The van der Waals surface area contributed by atoms with E-state index in [1.807, 2.05) is 0 Å². The predicted octanol–water partition coefficient (Wildman–Crippen LogP) is 17.6. The molecule has 0 aromatic carbocycles. The maximum Gasteiger partial charge on any atom is 0.306 e. The van der Waals surface area contributed by atoms with Gasteiger partial charge in [0.15, 0.2) is 6.10 Å². The van der Waals surface area contributed by atoms with Gasteiger partial charge >= 0.3 is 17.9 Å². The van der Waals surface area contributed by atoms with Crippen molar-refractivity contribution in [3.63, 3.8) is 0 Å². The summed E-state index contributed by atoms with van der Waals surface area (Å²) in [6, 6.07) is 0. The van der Waals surface area contributed by atoms with Gasteiger partial charge in [-0.3, -0.25) is 14.4 Å². The molecular weight excluding hydrogens is 781 g/mol. The van der Waals surface area contributed by atoms with Crippen LogP contribution in [0.2, 0.25) is 0 Å². The summed E-state index contributed by atoms with van der Waals surface area (Å²) < 4.78 is 16.7. The van der Waals surface area contributed by atoms with Crippen LogP contribution in [0.25, 0.3) is 0 Å². The molecule has 0 saturated carbocycles. The van der Waals surface area contributed by atoms with Gasteiger partial charge in [-0.15, -0.1) is 0 Å². The summed E-state index contributed by atoms with van der Waals surface area (Å²) in [4.78, 5) is 37.7. The van der Waals surface area contributed by atoms with E-state index in [0.717, 1.165) is 89.9 Å². The fraction of sp³-hybridized carbons (Fsp3) is 0.772. The van der Waals surface area contributed by atoms with Gasteiger partial charge in [0.25, 0.3) is 0 Å². The van der Waals surface area contributed by atoms with Crippen molar-refractivity contribution in [2.45, 2.75) is 271 Å². The zero-order valence-electron chi connectivity index (χ0n) is 41.6. The number of rotatable bonds is 48. The molecule has 0 aliphatic carbocycles. The van der Waals surface area contributed by atoms with Crippen molar-refractivity contribution in [1.82, 2.24) is 0 Å². The first-order valence-electron chi connectivity index (χ1n) is 26.8. The molecule has 0 bridgehead atoms. The molecule has 0 heterocycles. The van der Waals surface area contributed by atoms with E-state index >= 15 is 0 Å². The van der Waals surface area contributed by atoms with E-state index in [0.29, 0.717) is 19.3 Å². The summed E-state index contributed by atoms with van der Waals surface area (Å²) in [5.74, 6) is -0.894. The third-order valence-corrected chi connectivity index (χ3v) is 11.5. The highest BCUT2D eigenvalue weighted by Gasteiger charge is 2.19. The lowest BCUT2D eigenvalue weighted by Crippen LogP contribution is -2.30. The van der Waals surface area contributed by atoms with Crippen LogP contribution in [-0.2, 0) is 28.6 Å². The second-order valence-corrected chi connectivity index (χ2v) is 17.8. The smallest absolute Gasteiger partial charge is 0.306 e. The Labute approximate surface area is 390 Å². The number of carbonyl (C=O) groups is 3. The predicted molar refractivity (Wildman–Crippen MR) is 270 cm³/mol. The molecule has 0 aromatic rings. The normalized spacial score (nSPS) is 12.5. The van der Waals surface area contributed by atoms with Crippen LogP contribution in [0.1, 0.15) is 265 Å². The molecule has 0 fully saturated rings. The van der Waals surface area contributed by atoms with Crippen molar-refractivity contribution in [2.24, 2.45) is 0 Å². The van der Waals surface area contributed by atoms with Crippen molar-refractivity contribution in [2.75, 3.05) is 13.2 Å². The highest BCUT2D eigenvalue weighted by Crippen LogP contribution is 2.15. The quantitative estimate of drug-likeness (QED) is 0.0262. The Morgan fingerprint density at radius 1 is 0.333 bits per heavy atom. The Morgan fingerprint density at radius 2 is 0.619 bits per heavy atom. The molecule has 1 unspecified atom stereocenters. The third kappa shape index (κ3) is 50.0. The topological polar surface area (TPSA) is 78.9 Å². The van der Waals surface area contributed by atoms with Gasteiger partial charge in [0.2, 0.25) is 0 Å². The molecule has 1 atom stereocenters. The summed E-state index contributed by atoms with van der Waals surface area (Å²) >= 11 is 0. The molecule has 6 nitrogen and oxygen atoms in total. The molecule has 0 saturated heterocycles. The van der Waals surface area contributed by atoms with Gasteiger partial charge in [0.05, 0.1) is 0 Å². The van der Waals surface area contributed by atoms with Crippen LogP contribution in [-0.4, -0.2) is 37.2 Å². The minimum atomic E-state index is -0.773. The van der Waals surface area contributed by atoms with Gasteiger partial charge in [-0.2, -0.15) is 0 Å². The SMILES string of the molecule is CC/C=C\C/C=C\C/C=C\C/C=C\CCCCCCCCCCCCC(=O)OCC(COC(=O)CCCCCCC)OC(=O)CCCCCCCCC/C=C\CCCCCCCC. The third-order valence-electron chi connectivity index (χ3n) is 11.5. The lowest BCUT2D eigenvalue weighted by atomic mass is 10.1. The van der Waals surface area contributed by atoms with E-state index in [2.05, 4.69) is 81.5 Å². The summed E-state index contributed by atoms with van der Waals surface area (Å²) in [7, 11) is 0. The van der Waals surface area contributed by atoms with Gasteiger partial charge in [0.1, 0.15) is 13.2 Å². The fourth-order valence-electron chi connectivity index (χ4n) is 7.49. The van der Waals surface area contributed by atoms with Crippen LogP contribution in [0.15, 0.2) is 60.8 Å². The molecule has 0 radical (unpaired) electrons. The maximum absolute atomic E-state index is 12.7. The lowest BCUT2D eigenvalue weighted by Gasteiger charge is -2.18. The number of ether oxygens (including phenoxy) is 3. The average Bonchev–Trinajstić information content (AvgIpc) is 3.28. The largest absolute Gasteiger partial charge is 0.462 e. The number of hydrogen-bond acceptors (Lipinski definition) is 6. The molecule has 0 rings (SSSR count). The molecule has 0 aromatic heterocycles. The van der Waals surface area contributed by atoms with Gasteiger partial charge in [-0.1, -0.05) is 223 Å². The van der Waals surface area contributed by atoms with Crippen LogP contribution in [0.3, 0.4) is 0 Å². The van der Waals surface area contributed by atoms with Gasteiger partial charge in [-0.25, -0.2) is 0 Å². The van der Waals surface area contributed by atoms with Crippen molar-refractivity contribution in [1.29, 1.82) is 0 Å². The van der Waals surface area contributed by atoms with E-state index in [4.69, 9.17) is 14.2 Å². The summed E-state index contributed by atoms with van der Waals surface area (Å²) in [5.41, 5.74) is 0. The van der Waals surface area contributed by atoms with Crippen LogP contribution in [0, 0.1) is 0 Å². The Bertz CT molecular complexity index is 1150. The Morgan fingerprint density at radius 3 is 0.984 bits per heavy atom. The van der Waals surface area contributed by atoms with E-state index < -0.39 is 6.10 Å². The number of unbranched alkanes of at least 4 members (excludes halogenated alkanes) is 27. The first-order chi connectivity index (χ1) is 31.0. The number of esters is 3. The molecule has 0 amide bonds. The lowest BCUT2D eigenvalue weighted by molar-refractivity contribution is -0.167. The molecule has 63 heavy (non-hydrogen) atoms. The molecule has 6 heteroatoms. The number of allylic oxidation sites excluding steroid dienone is 10. The second-order valence-electron chi connectivity index (χ2n) is 17.8. The second kappa shape index (κ2) is 51.7. The molecular formula is C57H100O6. The van der Waals surface area contributed by atoms with Crippen molar-refractivity contribution >= 4 is 17.9 Å². The Hall–Kier alpha value is -2.89. The molecule has 0 aliphatic heterocycles. The van der Waals surface area contributed by atoms with Gasteiger partial charge in [-0.05, 0) is 83.5 Å². The minimum Gasteiger partial charge on any atom is -0.462 e. The minimum absolute atomic E-state index is 0.0770. The average molecular weight is 881 g/mol. The Balaban J connectivity index is 4.12. The van der Waals surface area contributed by atoms with E-state index in [1.54, 1.807) is 0 Å². The highest BCUT2D eigenvalue weighted by atomic mass is 16.6. The fourth-order valence-corrected chi connectivity index (χ4v) is 7.49. The first kappa shape index (κ1) is 60.1. The summed E-state index contributed by atoms with van der Waals surface area (Å²) in [6.07, 6.45) is 63.9. The van der Waals surface area contributed by atoms with Crippen LogP contribution >= 0.6 is 0 Å². The van der Waals surface area contributed by atoms with Gasteiger partial charge < -0.3 is 14.2 Å². The highest BCUT2D eigenvalue weighted by molar-refractivity contribution is 5.71. The molecule has 0 spiro atoms. The zero-order valence-corrected chi connectivity index (χ0v) is 41.6. The van der Waals surface area contributed by atoms with Crippen molar-refractivity contribution in [3.05, 3.63) is 60.8 Å². The van der Waals surface area contributed by atoms with E-state index in [-0.39, 0.29) is 31.1 Å². The van der Waals surface area contributed by atoms with Crippen LogP contribution in [0.4, 0.5) is 0 Å². The monoisotopic (exact) mass is 881 g/mol. The van der Waals surface area contributed by atoms with E-state index in [1.165, 1.54) is 135 Å². The maximum atomic E-state index is 12.7. The summed E-state index contributed by atoms with van der Waals surface area (Å²) in [5, 5.41) is 0. The van der Waals surface area contributed by atoms with Crippen LogP contribution < -0.4 is 0 Å². The first-order valence-corrected chi connectivity index (χ1v) is 26.8. The molecule has 0 N–H and O–H groups in total. The zero-order chi connectivity index (χ0) is 45.8. The van der Waals surface area contributed by atoms with E-state index in [9.17, 15) is 14.4 Å². The standard InChI is InChI=1S/C57H100O6/c1-4-7-10-13-15-17-19-21-23-25-26-27-28-29-30-32-33-35-37-39-41-44-47-50-56(59)62-53-54(52-61-55(58)49-46-43-12-9-6-3)63-57(60)51-48-45-42-40-38-36-34-31-24-22-20-18-16-14-11-8-5-2/h7,10,15,17,21-24,26-27,54H,4-6,8-9,11-14,16,18-20,25,28-53H2,1-3H3/b10-7-,17-15-,23-21-,24-22-,27-26-. The number of carbonyl (C=O) groups excluding carboxylic acids is 3. The van der Waals surface area contributed by atoms with Crippen molar-refractivity contribution < 1.29 is 28.6 Å². The molecule has 0 aliphatic rings. The number of hydrogen-bond donors (Lipinski definition) is 0. The molecule has 364 valence electrons. The Kier molecular flexibility index (Phi) is 49.4. The summed E-state index contributed by atoms with van der Waals surface area (Å²) in [6.45, 7) is 6.44. The van der Waals surface area contributed by atoms with Crippen molar-refractivity contribution in [3.8, 4) is 0 Å². The van der Waals surface area contributed by atoms with Gasteiger partial charge in [0, 0.05) is 19.3 Å².